The molecular weight excluding hydrogens is 667 g/mol. The minimum atomic E-state index is -4.30. The highest BCUT2D eigenvalue weighted by Crippen LogP contribution is 2.41. The molecule has 0 fully saturated rings. The van der Waals surface area contributed by atoms with Crippen molar-refractivity contribution in [1.82, 2.24) is 19.9 Å². The highest BCUT2D eigenvalue weighted by molar-refractivity contribution is 7.92. The molecule has 13 nitrogen and oxygen atoms in total. The predicted molar refractivity (Wildman–Crippen MR) is 182 cm³/mol. The van der Waals surface area contributed by atoms with Crippen LogP contribution in [0.3, 0.4) is 0 Å². The van der Waals surface area contributed by atoms with E-state index < -0.39 is 21.9 Å². The molecule has 2 aromatic carbocycles. The molecule has 256 valence electrons. The summed E-state index contributed by atoms with van der Waals surface area (Å²) in [6.45, 7) is 3.30. The summed E-state index contributed by atoms with van der Waals surface area (Å²) in [5, 5.41) is 2.04. The van der Waals surface area contributed by atoms with Gasteiger partial charge in [-0.1, -0.05) is 56.0 Å². The molecule has 0 bridgehead atoms. The molecule has 15 heteroatoms. The highest BCUT2D eigenvalue weighted by Gasteiger charge is 2.26. The molecule has 3 aromatic heterocycles. The highest BCUT2D eigenvalue weighted by atomic mass is 32.2. The van der Waals surface area contributed by atoms with Crippen LogP contribution in [0.25, 0.3) is 11.4 Å². The van der Waals surface area contributed by atoms with Crippen molar-refractivity contribution in [3.05, 3.63) is 103 Å². The summed E-state index contributed by atoms with van der Waals surface area (Å²) in [6, 6.07) is 18.7. The maximum Gasteiger partial charge on any atom is 0.412 e. The maximum absolute atomic E-state index is 13.8. The Morgan fingerprint density at radius 3 is 2.34 bits per heavy atom. The number of nitrogens with one attached hydrogen (secondary N) is 2. The molecule has 0 spiro atoms. The lowest BCUT2D eigenvalue weighted by atomic mass is 10.1. The van der Waals surface area contributed by atoms with Gasteiger partial charge in [0.15, 0.2) is 41.4 Å². The molecule has 0 saturated heterocycles. The average Bonchev–Trinajstić information content (AvgIpc) is 3.12. The molecule has 0 aliphatic carbocycles. The number of ether oxygens (including phenoxy) is 4. The average molecular weight is 699 g/mol. The summed E-state index contributed by atoms with van der Waals surface area (Å²) in [7, 11) is -2.85. The van der Waals surface area contributed by atoms with Gasteiger partial charge in [0, 0.05) is 24.2 Å². The third kappa shape index (κ3) is 8.99. The van der Waals surface area contributed by atoms with Crippen molar-refractivity contribution in [3.8, 4) is 46.4 Å². The fraction of sp³-hybridized carbons (Fsp3) is 0.171. The van der Waals surface area contributed by atoms with E-state index in [-0.39, 0.29) is 58.9 Å². The number of amides is 1. The summed E-state index contributed by atoms with van der Waals surface area (Å²) in [4.78, 5) is 29.2. The number of pyridine rings is 2. The van der Waals surface area contributed by atoms with Crippen molar-refractivity contribution < 1.29 is 36.6 Å². The Hall–Kier alpha value is -6.27. The number of methoxy groups -OCH3 is 1. The number of carbonyl (C=O) groups is 1. The molecule has 0 atom stereocenters. The lowest BCUT2D eigenvalue weighted by Gasteiger charge is -2.18. The van der Waals surface area contributed by atoms with Crippen LogP contribution >= 0.6 is 0 Å². The largest absolute Gasteiger partial charge is 0.493 e. The van der Waals surface area contributed by atoms with Gasteiger partial charge in [0.05, 0.1) is 12.8 Å². The standard InChI is InChI=1S/C35H31FN6O7S/c1-23(2)25-14-15-30(38-22-25)50(44,45)42-33-31(49-29-13-7-6-12-28(29)46-3)34(41-32(40-33)24-16-18-37-19-17-24)47-20-8-9-21-48-35(43)39-27-11-5-4-10-26(27)36/h4-7,10-19,22-23H,20-21H2,1-3H3,(H,39,43)(H,40,41,42). The van der Waals surface area contributed by atoms with Gasteiger partial charge in [0.25, 0.3) is 15.9 Å². The molecule has 0 aliphatic heterocycles. The molecule has 0 aliphatic rings. The van der Waals surface area contributed by atoms with Crippen LogP contribution in [0, 0.1) is 17.7 Å². The number of hydrogen-bond donors (Lipinski definition) is 2. The van der Waals surface area contributed by atoms with Crippen molar-refractivity contribution in [2.24, 2.45) is 0 Å². The van der Waals surface area contributed by atoms with Crippen LogP contribution in [0.5, 0.6) is 23.1 Å². The van der Waals surface area contributed by atoms with E-state index in [1.807, 2.05) is 13.8 Å². The summed E-state index contributed by atoms with van der Waals surface area (Å²) < 4.78 is 66.1. The predicted octanol–water partition coefficient (Wildman–Crippen LogP) is 6.43. The zero-order chi connectivity index (χ0) is 35.5. The van der Waals surface area contributed by atoms with Crippen LogP contribution in [-0.4, -0.2) is 54.8 Å². The summed E-state index contributed by atoms with van der Waals surface area (Å²) in [5.74, 6) is 4.83. The number of sulfonamides is 1. The Bertz CT molecular complexity index is 2120. The summed E-state index contributed by atoms with van der Waals surface area (Å²) >= 11 is 0. The molecular formula is C35H31FN6O7S. The van der Waals surface area contributed by atoms with Crippen LogP contribution < -0.4 is 24.2 Å². The Kier molecular flexibility index (Phi) is 11.4. The van der Waals surface area contributed by atoms with Gasteiger partial charge in [-0.15, -0.1) is 0 Å². The minimum absolute atomic E-state index is 0.0417. The lowest BCUT2D eigenvalue weighted by Crippen LogP contribution is -2.17. The molecule has 5 aromatic rings. The molecule has 1 amide bonds. The van der Waals surface area contributed by atoms with E-state index in [2.05, 4.69) is 41.8 Å². The van der Waals surface area contributed by atoms with Crippen LogP contribution in [-0.2, 0) is 14.8 Å². The van der Waals surface area contributed by atoms with E-state index in [1.54, 1.807) is 48.5 Å². The second kappa shape index (κ2) is 16.2. The van der Waals surface area contributed by atoms with E-state index in [1.165, 1.54) is 50.0 Å². The molecule has 0 saturated carbocycles. The van der Waals surface area contributed by atoms with Crippen LogP contribution in [0.4, 0.5) is 20.7 Å². The van der Waals surface area contributed by atoms with Gasteiger partial charge in [0.2, 0.25) is 5.75 Å². The normalized spacial score (nSPS) is 10.8. The van der Waals surface area contributed by atoms with Crippen LogP contribution in [0.1, 0.15) is 25.3 Å². The topological polar surface area (TPSA) is 164 Å². The zero-order valence-electron chi connectivity index (χ0n) is 27.1. The molecule has 2 N–H and O–H groups in total. The number of benzene rings is 2. The van der Waals surface area contributed by atoms with Crippen LogP contribution in [0.2, 0.25) is 0 Å². The van der Waals surface area contributed by atoms with Gasteiger partial charge >= 0.3 is 6.09 Å². The number of carbonyl (C=O) groups excluding carboxylic acids is 1. The first-order valence-corrected chi connectivity index (χ1v) is 16.5. The van der Waals surface area contributed by atoms with Gasteiger partial charge < -0.3 is 18.9 Å². The summed E-state index contributed by atoms with van der Waals surface area (Å²) in [5.41, 5.74) is 1.31. The van der Waals surface area contributed by atoms with E-state index in [0.717, 1.165) is 5.56 Å². The molecule has 50 heavy (non-hydrogen) atoms. The van der Waals surface area contributed by atoms with E-state index in [4.69, 9.17) is 18.9 Å². The molecule has 0 radical (unpaired) electrons. The molecule has 0 unspecified atom stereocenters. The second-order valence-corrected chi connectivity index (χ2v) is 12.2. The first-order chi connectivity index (χ1) is 24.1. The molecule has 5 rings (SSSR count). The van der Waals surface area contributed by atoms with Gasteiger partial charge in [-0.05, 0) is 53.9 Å². The third-order valence-electron chi connectivity index (χ3n) is 6.78. The van der Waals surface area contributed by atoms with Gasteiger partial charge in [0.1, 0.15) is 5.82 Å². The lowest BCUT2D eigenvalue weighted by molar-refractivity contribution is 0.175. The summed E-state index contributed by atoms with van der Waals surface area (Å²) in [6.07, 6.45) is 3.64. The number of halogens is 1. The SMILES string of the molecule is COc1ccccc1Oc1c(NS(=O)(=O)c2ccc(C(C)C)cn2)nc(-c2ccncc2)nc1OCC#CCOC(=O)Nc1ccccc1F. The Morgan fingerprint density at radius 2 is 1.64 bits per heavy atom. The third-order valence-corrected chi connectivity index (χ3v) is 8.03. The second-order valence-electron chi connectivity index (χ2n) is 10.5. The number of anilines is 2. The smallest absolute Gasteiger partial charge is 0.412 e. The number of para-hydroxylation sites is 3. The van der Waals surface area contributed by atoms with E-state index >= 15 is 0 Å². The van der Waals surface area contributed by atoms with Crippen molar-refractivity contribution in [1.29, 1.82) is 0 Å². The first kappa shape index (κ1) is 35.0. The Labute approximate surface area is 287 Å². The Balaban J connectivity index is 1.46. The number of rotatable bonds is 12. The number of aromatic nitrogens is 4. The zero-order valence-corrected chi connectivity index (χ0v) is 27.9. The number of hydrogen-bond acceptors (Lipinski definition) is 11. The quantitative estimate of drug-likeness (QED) is 0.138. The van der Waals surface area contributed by atoms with Crippen molar-refractivity contribution in [2.75, 3.05) is 30.4 Å². The Morgan fingerprint density at radius 1 is 0.920 bits per heavy atom. The van der Waals surface area contributed by atoms with Crippen LogP contribution in [0.15, 0.2) is 96.4 Å². The fourth-order valence-electron chi connectivity index (χ4n) is 4.22. The minimum Gasteiger partial charge on any atom is -0.493 e. The van der Waals surface area contributed by atoms with Gasteiger partial charge in [-0.25, -0.2) is 19.2 Å². The van der Waals surface area contributed by atoms with Gasteiger partial charge in [-0.2, -0.15) is 13.4 Å². The van der Waals surface area contributed by atoms with E-state index in [9.17, 15) is 17.6 Å². The van der Waals surface area contributed by atoms with Crippen molar-refractivity contribution >= 4 is 27.6 Å². The molecule has 3 heterocycles. The fourth-order valence-corrected chi connectivity index (χ4v) is 5.16. The number of nitrogens with zero attached hydrogens (tertiary/aromatic N) is 4. The van der Waals surface area contributed by atoms with E-state index in [0.29, 0.717) is 11.3 Å². The maximum atomic E-state index is 13.8. The van der Waals surface area contributed by atoms with Crippen molar-refractivity contribution in [3.63, 3.8) is 0 Å². The van der Waals surface area contributed by atoms with Crippen molar-refractivity contribution in [2.45, 2.75) is 24.8 Å². The van der Waals surface area contributed by atoms with Gasteiger partial charge in [-0.3, -0.25) is 15.0 Å². The monoisotopic (exact) mass is 698 g/mol. The first-order valence-electron chi connectivity index (χ1n) is 15.0.